The fourth-order valence-corrected chi connectivity index (χ4v) is 1.52. The topological polar surface area (TPSA) is 18.5 Å². The molecule has 0 aliphatic rings. The summed E-state index contributed by atoms with van der Waals surface area (Å²) in [5.41, 5.74) is 2.00. The summed E-state index contributed by atoms with van der Waals surface area (Å²) in [6, 6.07) is 3.81. The molecule has 0 spiro atoms. The van der Waals surface area contributed by atoms with Crippen molar-refractivity contribution in [3.8, 4) is 11.5 Å². The Labute approximate surface area is 84.2 Å². The van der Waals surface area contributed by atoms with Crippen molar-refractivity contribution < 1.29 is 9.47 Å². The summed E-state index contributed by atoms with van der Waals surface area (Å²) in [4.78, 5) is 0. The van der Waals surface area contributed by atoms with Gasteiger partial charge >= 0.3 is 0 Å². The summed E-state index contributed by atoms with van der Waals surface area (Å²) < 4.78 is 10.3. The number of ether oxygens (including phenoxy) is 2. The molecule has 0 unspecified atom stereocenters. The van der Waals surface area contributed by atoms with Crippen LogP contribution in [0.4, 0.5) is 0 Å². The van der Waals surface area contributed by atoms with Gasteiger partial charge in [-0.1, -0.05) is 0 Å². The van der Waals surface area contributed by atoms with E-state index in [-0.39, 0.29) is 0 Å². The van der Waals surface area contributed by atoms with E-state index < -0.39 is 0 Å². The molecule has 0 aromatic heterocycles. The first-order valence-electron chi connectivity index (χ1n) is 4.00. The molecule has 0 radical (unpaired) electrons. The average Bonchev–Trinajstić information content (AvgIpc) is 2.16. The lowest BCUT2D eigenvalue weighted by atomic mass is 9.92. The van der Waals surface area contributed by atoms with E-state index in [1.807, 2.05) is 20.0 Å². The molecule has 13 heavy (non-hydrogen) atoms. The second-order valence-corrected chi connectivity index (χ2v) is 3.04. The van der Waals surface area contributed by atoms with Gasteiger partial charge in [-0.3, -0.25) is 0 Å². The molecule has 0 aliphatic heterocycles. The van der Waals surface area contributed by atoms with E-state index in [1.54, 1.807) is 14.2 Å². The van der Waals surface area contributed by atoms with E-state index in [9.17, 15) is 0 Å². The van der Waals surface area contributed by atoms with Crippen LogP contribution in [0.3, 0.4) is 0 Å². The van der Waals surface area contributed by atoms with Gasteiger partial charge in [-0.2, -0.15) is 0 Å². The van der Waals surface area contributed by atoms with Gasteiger partial charge in [0.2, 0.25) is 0 Å². The third-order valence-corrected chi connectivity index (χ3v) is 2.20. The Morgan fingerprint density at radius 2 is 2.00 bits per heavy atom. The first-order valence-corrected chi connectivity index (χ1v) is 4.53. The van der Waals surface area contributed by atoms with Crippen molar-refractivity contribution in [2.75, 3.05) is 14.2 Å². The summed E-state index contributed by atoms with van der Waals surface area (Å²) in [7, 11) is 5.25. The van der Waals surface area contributed by atoms with Crippen LogP contribution in [0, 0.1) is 0 Å². The van der Waals surface area contributed by atoms with Gasteiger partial charge < -0.3 is 9.47 Å². The normalized spacial score (nSPS) is 9.77. The maximum Gasteiger partial charge on any atom is 0.144 e. The highest BCUT2D eigenvalue weighted by atomic mass is 35.5. The Bertz CT molecular complexity index is 302. The van der Waals surface area contributed by atoms with Gasteiger partial charge in [0.25, 0.3) is 0 Å². The van der Waals surface area contributed by atoms with E-state index in [0.29, 0.717) is 5.88 Å². The van der Waals surface area contributed by atoms with Gasteiger partial charge in [-0.15, -0.1) is 11.6 Å². The molecule has 0 atom stereocenters. The maximum absolute atomic E-state index is 5.78. The van der Waals surface area contributed by atoms with Crippen molar-refractivity contribution >= 4 is 24.9 Å². The summed E-state index contributed by atoms with van der Waals surface area (Å²) in [6.07, 6.45) is 0. The van der Waals surface area contributed by atoms with Gasteiger partial charge in [0.1, 0.15) is 19.3 Å². The van der Waals surface area contributed by atoms with Crippen LogP contribution in [0.1, 0.15) is 5.56 Å². The van der Waals surface area contributed by atoms with Crippen LogP contribution in [0.2, 0.25) is 0 Å². The zero-order chi connectivity index (χ0) is 9.84. The number of hydrogen-bond acceptors (Lipinski definition) is 2. The molecule has 0 saturated heterocycles. The van der Waals surface area contributed by atoms with Crippen molar-refractivity contribution in [3.63, 3.8) is 0 Å². The van der Waals surface area contributed by atoms with Crippen LogP contribution in [0.5, 0.6) is 11.5 Å². The number of alkyl halides is 1. The van der Waals surface area contributed by atoms with Gasteiger partial charge in [-0.05, 0) is 17.6 Å². The minimum absolute atomic E-state index is 0.432. The molecule has 2 nitrogen and oxygen atoms in total. The number of methoxy groups -OCH3 is 2. The van der Waals surface area contributed by atoms with Crippen molar-refractivity contribution in [2.45, 2.75) is 5.88 Å². The fourth-order valence-electron chi connectivity index (χ4n) is 1.32. The molecule has 0 heterocycles. The lowest BCUT2D eigenvalue weighted by Crippen LogP contribution is -2.10. The number of halogens is 1. The maximum atomic E-state index is 5.78. The quantitative estimate of drug-likeness (QED) is 0.526. The summed E-state index contributed by atoms with van der Waals surface area (Å²) >= 11 is 5.78. The van der Waals surface area contributed by atoms with Crippen molar-refractivity contribution in [1.29, 1.82) is 0 Å². The molecular weight excluding hydrogens is 186 g/mol. The molecule has 1 rings (SSSR count). The Kier molecular flexibility index (Phi) is 3.49. The number of hydrogen-bond donors (Lipinski definition) is 0. The summed E-state index contributed by atoms with van der Waals surface area (Å²) in [5.74, 6) is 2.09. The number of benzene rings is 1. The predicted molar refractivity (Wildman–Crippen MR) is 57.3 cm³/mol. The zero-order valence-corrected chi connectivity index (χ0v) is 8.81. The highest BCUT2D eigenvalue weighted by molar-refractivity contribution is 6.34. The molecule has 0 N–H and O–H groups in total. The highest BCUT2D eigenvalue weighted by Gasteiger charge is 2.07. The molecule has 0 saturated carbocycles. The summed E-state index contributed by atoms with van der Waals surface area (Å²) in [5, 5.41) is 0. The molecule has 0 aliphatic carbocycles. The Hall–Kier alpha value is -0.825. The fraction of sp³-hybridized carbons (Fsp3) is 0.333. The van der Waals surface area contributed by atoms with Gasteiger partial charge in [0, 0.05) is 5.56 Å². The minimum Gasteiger partial charge on any atom is -0.497 e. The van der Waals surface area contributed by atoms with E-state index in [4.69, 9.17) is 21.1 Å². The standard InChI is InChI=1S/C9H12BClO2/c1-12-7-3-6(5-11)9(13-2)8(10)4-7/h3-4H,5,10H2,1-2H3. The molecular formula is C9H12BClO2. The third kappa shape index (κ3) is 2.10. The second-order valence-electron chi connectivity index (χ2n) is 2.77. The largest absolute Gasteiger partial charge is 0.497 e. The molecule has 0 amide bonds. The van der Waals surface area contributed by atoms with E-state index >= 15 is 0 Å². The van der Waals surface area contributed by atoms with Gasteiger partial charge in [-0.25, -0.2) is 0 Å². The second kappa shape index (κ2) is 4.42. The van der Waals surface area contributed by atoms with Crippen molar-refractivity contribution in [3.05, 3.63) is 17.7 Å². The Morgan fingerprint density at radius 1 is 1.31 bits per heavy atom. The van der Waals surface area contributed by atoms with Crippen LogP contribution < -0.4 is 14.9 Å². The smallest absolute Gasteiger partial charge is 0.144 e. The predicted octanol–water partition coefficient (Wildman–Crippen LogP) is 0.701. The van der Waals surface area contributed by atoms with Crippen LogP contribution in [0.15, 0.2) is 12.1 Å². The van der Waals surface area contributed by atoms with Crippen LogP contribution in [0.25, 0.3) is 0 Å². The number of rotatable bonds is 3. The van der Waals surface area contributed by atoms with Crippen LogP contribution in [-0.4, -0.2) is 22.1 Å². The van der Waals surface area contributed by atoms with Crippen LogP contribution >= 0.6 is 11.6 Å². The molecule has 70 valence electrons. The van der Waals surface area contributed by atoms with Crippen molar-refractivity contribution in [2.24, 2.45) is 0 Å². The molecule has 1 aromatic carbocycles. The van der Waals surface area contributed by atoms with Gasteiger partial charge in [0.05, 0.1) is 20.1 Å². The van der Waals surface area contributed by atoms with Gasteiger partial charge in [0.15, 0.2) is 0 Å². The molecule has 4 heteroatoms. The monoisotopic (exact) mass is 198 g/mol. The summed E-state index contributed by atoms with van der Waals surface area (Å²) in [6.45, 7) is 0. The van der Waals surface area contributed by atoms with E-state index in [2.05, 4.69) is 0 Å². The minimum atomic E-state index is 0.432. The molecule has 0 fully saturated rings. The Balaban J connectivity index is 3.20. The SMILES string of the molecule is Bc1cc(OC)cc(CCl)c1OC. The lowest BCUT2D eigenvalue weighted by Gasteiger charge is -2.11. The highest BCUT2D eigenvalue weighted by Crippen LogP contribution is 2.22. The van der Waals surface area contributed by atoms with Crippen LogP contribution in [-0.2, 0) is 5.88 Å². The van der Waals surface area contributed by atoms with E-state index in [0.717, 1.165) is 22.5 Å². The average molecular weight is 198 g/mol. The first-order chi connectivity index (χ1) is 6.22. The zero-order valence-electron chi connectivity index (χ0n) is 8.06. The molecule has 1 aromatic rings. The van der Waals surface area contributed by atoms with Crippen molar-refractivity contribution in [1.82, 2.24) is 0 Å². The first kappa shape index (κ1) is 10.3. The van der Waals surface area contributed by atoms with E-state index in [1.165, 1.54) is 0 Å². The lowest BCUT2D eigenvalue weighted by molar-refractivity contribution is 0.403. The Morgan fingerprint density at radius 3 is 2.46 bits per heavy atom. The molecule has 0 bridgehead atoms. The third-order valence-electron chi connectivity index (χ3n) is 1.91.